The van der Waals surface area contributed by atoms with Gasteiger partial charge in [-0.25, -0.2) is 17.9 Å². The van der Waals surface area contributed by atoms with Crippen LogP contribution in [0, 0.1) is 26.7 Å². The van der Waals surface area contributed by atoms with E-state index in [-0.39, 0.29) is 49.4 Å². The van der Waals surface area contributed by atoms with E-state index in [0.717, 1.165) is 27.8 Å². The van der Waals surface area contributed by atoms with Gasteiger partial charge in [-0.2, -0.15) is 0 Å². The van der Waals surface area contributed by atoms with E-state index >= 15 is 0 Å². The van der Waals surface area contributed by atoms with Crippen LogP contribution in [0.15, 0.2) is 82.7 Å². The molecule has 3 aromatic carbocycles. The average molecular weight is 723 g/mol. The van der Waals surface area contributed by atoms with Crippen molar-refractivity contribution in [2.24, 2.45) is 16.6 Å². The number of hydrogen-bond acceptors (Lipinski definition) is 8. The number of guanidine groups is 1. The van der Waals surface area contributed by atoms with Gasteiger partial charge in [-0.3, -0.25) is 14.6 Å². The maximum atomic E-state index is 13.6. The third-order valence-corrected chi connectivity index (χ3v) is 9.48. The molecule has 51 heavy (non-hydrogen) atoms. The fourth-order valence-corrected chi connectivity index (χ4v) is 6.14. The summed E-state index contributed by atoms with van der Waals surface area (Å²) in [6.07, 6.45) is -0.169. The lowest BCUT2D eigenvalue weighted by atomic mass is 10.0. The van der Waals surface area contributed by atoms with E-state index < -0.39 is 46.1 Å². The number of hydrogen-bond donors (Lipinski definition) is 6. The molecule has 0 radical (unpaired) electrons. The number of amides is 3. The van der Waals surface area contributed by atoms with Crippen LogP contribution in [0.3, 0.4) is 0 Å². The van der Waals surface area contributed by atoms with Gasteiger partial charge in [0.05, 0.1) is 17.5 Å². The average Bonchev–Trinajstić information content (AvgIpc) is 3.07. The Morgan fingerprint density at radius 2 is 1.55 bits per heavy atom. The second-order valence-electron chi connectivity index (χ2n) is 12.8. The molecule has 0 aromatic heterocycles. The predicted octanol–water partition coefficient (Wildman–Crippen LogP) is 3.14. The van der Waals surface area contributed by atoms with Gasteiger partial charge in [0.2, 0.25) is 17.8 Å². The van der Waals surface area contributed by atoms with Gasteiger partial charge < -0.3 is 31.5 Å². The van der Waals surface area contributed by atoms with Crippen molar-refractivity contribution >= 4 is 33.9 Å². The highest BCUT2D eigenvalue weighted by atomic mass is 32.2. The summed E-state index contributed by atoms with van der Waals surface area (Å²) in [6.45, 7) is 8.95. The van der Waals surface area contributed by atoms with Gasteiger partial charge in [0, 0.05) is 6.54 Å². The van der Waals surface area contributed by atoms with Gasteiger partial charge in [0.1, 0.15) is 18.7 Å². The first-order valence-electron chi connectivity index (χ1n) is 16.8. The van der Waals surface area contributed by atoms with Crippen molar-refractivity contribution in [3.63, 3.8) is 0 Å². The maximum Gasteiger partial charge on any atom is 0.408 e. The molecule has 3 aromatic rings. The smallest absolute Gasteiger partial charge is 0.408 e. The Labute approximate surface area is 300 Å². The zero-order valence-electron chi connectivity index (χ0n) is 29.8. The number of ether oxygens (including phenoxy) is 1. The normalized spacial score (nSPS) is 13.5. The molecule has 0 fully saturated rings. The number of aliphatic hydroxyl groups is 1. The molecule has 0 spiro atoms. The van der Waals surface area contributed by atoms with Crippen LogP contribution in [0.2, 0.25) is 0 Å². The summed E-state index contributed by atoms with van der Waals surface area (Å²) in [5.41, 5.74) is 10.5. The van der Waals surface area contributed by atoms with Crippen molar-refractivity contribution in [3.8, 4) is 0 Å². The molecule has 0 saturated heterocycles. The molecule has 14 heteroatoms. The molecule has 3 rings (SSSR count). The highest BCUT2D eigenvalue weighted by Crippen LogP contribution is 2.13. The van der Waals surface area contributed by atoms with Crippen LogP contribution in [0.4, 0.5) is 4.79 Å². The maximum absolute atomic E-state index is 13.6. The summed E-state index contributed by atoms with van der Waals surface area (Å²) in [4.78, 5) is 44.1. The van der Waals surface area contributed by atoms with Crippen molar-refractivity contribution in [1.82, 2.24) is 20.7 Å². The Bertz CT molecular complexity index is 1750. The molecule has 0 aliphatic carbocycles. The van der Waals surface area contributed by atoms with Crippen LogP contribution in [0.5, 0.6) is 0 Å². The number of rotatable bonds is 17. The summed E-state index contributed by atoms with van der Waals surface area (Å²) in [5, 5.41) is 18.1. The molecule has 0 aliphatic rings. The minimum Gasteiger partial charge on any atom is -0.445 e. The molecule has 3 amide bonds. The summed E-state index contributed by atoms with van der Waals surface area (Å²) in [5.74, 6) is -1.79. The minimum absolute atomic E-state index is 0.0186. The molecule has 7 N–H and O–H groups in total. The van der Waals surface area contributed by atoms with Crippen molar-refractivity contribution in [3.05, 3.63) is 101 Å². The SMILES string of the molecule is Cc1ccc(S(=O)(=O)NC(N)=NCCC[C@H](NC(=O)OCc2ccc(C)cc2C)C(=O)N[C@H](C(=O)N[C@H](CO)Cc2ccccc2)C(C)C)cc1. The number of benzene rings is 3. The molecule has 276 valence electrons. The van der Waals surface area contributed by atoms with Crippen molar-refractivity contribution in [2.75, 3.05) is 13.2 Å². The minimum atomic E-state index is -3.95. The second kappa shape index (κ2) is 19.4. The van der Waals surface area contributed by atoms with E-state index in [0.29, 0.717) is 6.42 Å². The standard InChI is InChI=1S/C37H50N6O7S/c1-24(2)33(35(46)40-30(22-44)21-28-10-7-6-8-11-28)42-34(45)32(41-37(47)50-23-29-16-13-26(4)20-27(29)5)12-9-19-39-36(38)43-51(48,49)31-17-14-25(3)15-18-31/h6-8,10-11,13-18,20,24,30,32-33,44H,9,12,19,21-23H2,1-5H3,(H,40,46)(H,41,47)(H,42,45)(H3,38,39,43)/t30-,32-,33-/m0/s1. The molecule has 0 aliphatic heterocycles. The second-order valence-corrected chi connectivity index (χ2v) is 14.5. The molecule has 3 atom stereocenters. The molecule has 0 heterocycles. The van der Waals surface area contributed by atoms with E-state index in [1.807, 2.05) is 69.3 Å². The molecule has 0 bridgehead atoms. The number of nitrogens with two attached hydrogens (primary N) is 1. The number of aliphatic hydroxyl groups excluding tert-OH is 1. The zero-order valence-corrected chi connectivity index (χ0v) is 30.6. The topological polar surface area (TPSA) is 201 Å². The van der Waals surface area contributed by atoms with Gasteiger partial charge >= 0.3 is 6.09 Å². The van der Waals surface area contributed by atoms with Gasteiger partial charge in [-0.1, -0.05) is 85.6 Å². The summed E-state index contributed by atoms with van der Waals surface area (Å²) >= 11 is 0. The number of aryl methyl sites for hydroxylation is 3. The highest BCUT2D eigenvalue weighted by Gasteiger charge is 2.30. The Morgan fingerprint density at radius 1 is 0.882 bits per heavy atom. The fraction of sp³-hybridized carbons (Fsp3) is 0.405. The van der Waals surface area contributed by atoms with E-state index in [1.54, 1.807) is 26.0 Å². The van der Waals surface area contributed by atoms with Crippen LogP contribution in [-0.4, -0.2) is 68.7 Å². The third-order valence-electron chi connectivity index (χ3n) is 8.11. The summed E-state index contributed by atoms with van der Waals surface area (Å²) in [6, 6.07) is 18.7. The summed E-state index contributed by atoms with van der Waals surface area (Å²) < 4.78 is 33.0. The Balaban J connectivity index is 1.69. The highest BCUT2D eigenvalue weighted by molar-refractivity contribution is 7.90. The number of carbonyl (C=O) groups is 3. The Kier molecular flexibility index (Phi) is 15.4. The van der Waals surface area contributed by atoms with E-state index in [4.69, 9.17) is 10.5 Å². The Morgan fingerprint density at radius 3 is 2.18 bits per heavy atom. The first-order valence-corrected chi connectivity index (χ1v) is 18.3. The van der Waals surface area contributed by atoms with Crippen LogP contribution in [0.25, 0.3) is 0 Å². The third kappa shape index (κ3) is 13.4. The zero-order chi connectivity index (χ0) is 37.6. The van der Waals surface area contributed by atoms with Crippen molar-refractivity contribution in [1.29, 1.82) is 0 Å². The number of nitrogens with one attached hydrogen (secondary N) is 4. The number of sulfonamides is 1. The van der Waals surface area contributed by atoms with Gasteiger partial charge in [-0.05, 0) is 74.8 Å². The van der Waals surface area contributed by atoms with Crippen LogP contribution < -0.4 is 26.4 Å². The lowest BCUT2D eigenvalue weighted by Crippen LogP contribution is -2.57. The molecular formula is C37H50N6O7S. The molecule has 13 nitrogen and oxygen atoms in total. The van der Waals surface area contributed by atoms with E-state index in [9.17, 15) is 27.9 Å². The van der Waals surface area contributed by atoms with E-state index in [1.165, 1.54) is 12.1 Å². The van der Waals surface area contributed by atoms with Gasteiger partial charge in [0.25, 0.3) is 10.0 Å². The first-order chi connectivity index (χ1) is 24.2. The monoisotopic (exact) mass is 722 g/mol. The fourth-order valence-electron chi connectivity index (χ4n) is 5.18. The number of carbonyl (C=O) groups excluding carboxylic acids is 3. The van der Waals surface area contributed by atoms with Gasteiger partial charge in [-0.15, -0.1) is 0 Å². The first kappa shape index (κ1) is 40.5. The van der Waals surface area contributed by atoms with Gasteiger partial charge in [0.15, 0.2) is 0 Å². The summed E-state index contributed by atoms with van der Waals surface area (Å²) in [7, 11) is -3.95. The lowest BCUT2D eigenvalue weighted by Gasteiger charge is -2.27. The molecule has 0 saturated carbocycles. The van der Waals surface area contributed by atoms with Crippen molar-refractivity contribution in [2.45, 2.75) is 83.5 Å². The number of nitrogens with zero attached hydrogens (tertiary/aromatic N) is 1. The lowest BCUT2D eigenvalue weighted by molar-refractivity contribution is -0.131. The Hall–Kier alpha value is -4.95. The van der Waals surface area contributed by atoms with Crippen molar-refractivity contribution < 1.29 is 32.6 Å². The van der Waals surface area contributed by atoms with E-state index in [2.05, 4.69) is 25.7 Å². The van der Waals surface area contributed by atoms with Crippen LogP contribution >= 0.6 is 0 Å². The molecule has 0 unspecified atom stereocenters. The predicted molar refractivity (Wildman–Crippen MR) is 196 cm³/mol. The molecular weight excluding hydrogens is 673 g/mol. The largest absolute Gasteiger partial charge is 0.445 e. The quantitative estimate of drug-likeness (QED) is 0.0693. The van der Waals surface area contributed by atoms with Crippen LogP contribution in [-0.2, 0) is 37.4 Å². The van der Waals surface area contributed by atoms with Crippen LogP contribution in [0.1, 0.15) is 54.5 Å². The number of alkyl carbamates (subject to hydrolysis) is 1. The number of aliphatic imine (C=N–C) groups is 1.